The summed E-state index contributed by atoms with van der Waals surface area (Å²) in [5.74, 6) is 3.35. The van der Waals surface area contributed by atoms with E-state index in [2.05, 4.69) is 29.3 Å². The largest absolute Gasteiger partial charge is 0.507 e. The standard InChI is InChI=1S/C57H65NO10/c1-32(60)30-58-43-20-35(31-59)19-40(24-43)37-14-15-38-29-52(63)68-55-45(38)27-41(54(64)53(55)36-10-3-2-4-11-36)28-51-57(66)48-13-6-5-12-39(48)26-46-47(50(62)17-16-49(46)57)22-34-9-7-8-33(18-34)21-44(61)25-42(23-37)56(65)67-51/h5,7-9,12,18-20,24-25,27,32,36-39,44,46-49,51,58-61,64,66H,2-4,6,10-11,13,16-17,21-23,26,28-31H2,1H3/b42-25-/t32-,37+,38+,39-,44+,46-,47-,48-,49+,51+,57-/m0/s1. The van der Waals surface area contributed by atoms with Gasteiger partial charge in [0.25, 0.3) is 0 Å². The molecule has 0 spiro atoms. The van der Waals surface area contributed by atoms with Crippen molar-refractivity contribution in [2.24, 2.45) is 29.6 Å². The minimum absolute atomic E-state index is 0.0204. The van der Waals surface area contributed by atoms with Gasteiger partial charge in [0.15, 0.2) is 0 Å². The minimum atomic E-state index is -1.63. The highest BCUT2D eigenvalue weighted by atomic mass is 16.6. The van der Waals surface area contributed by atoms with E-state index in [4.69, 9.17) is 9.47 Å². The van der Waals surface area contributed by atoms with E-state index >= 15 is 4.79 Å². The van der Waals surface area contributed by atoms with Gasteiger partial charge in [0, 0.05) is 60.0 Å². The van der Waals surface area contributed by atoms with Gasteiger partial charge in [-0.2, -0.15) is 0 Å². The van der Waals surface area contributed by atoms with E-state index in [0.29, 0.717) is 58.5 Å². The Labute approximate surface area is 399 Å². The summed E-state index contributed by atoms with van der Waals surface area (Å²) in [6, 6.07) is 15.3. The number of benzene rings is 3. The third kappa shape index (κ3) is 9.06. The number of carbonyl (C=O) groups excluding carboxylic acids is 3. The summed E-state index contributed by atoms with van der Waals surface area (Å²) in [6.45, 7) is 1.63. The summed E-state index contributed by atoms with van der Waals surface area (Å²) >= 11 is 0. The van der Waals surface area contributed by atoms with Crippen LogP contribution in [0.1, 0.15) is 141 Å². The third-order valence-electron chi connectivity index (χ3n) is 16.6. The normalized spacial score (nSPS) is 32.7. The summed E-state index contributed by atoms with van der Waals surface area (Å²) in [5, 5.41) is 62.7. The van der Waals surface area contributed by atoms with E-state index in [1.807, 2.05) is 42.5 Å². The zero-order valence-corrected chi connectivity index (χ0v) is 39.0. The molecule has 358 valence electrons. The van der Waals surface area contributed by atoms with E-state index in [9.17, 15) is 35.1 Å². The van der Waals surface area contributed by atoms with Crippen molar-refractivity contribution in [1.29, 1.82) is 0 Å². The fourth-order valence-corrected chi connectivity index (χ4v) is 13.4. The number of phenolic OH excluding ortho intramolecular Hbond substituents is 1. The first kappa shape index (κ1) is 46.5. The highest BCUT2D eigenvalue weighted by Gasteiger charge is 2.62. The molecule has 3 fully saturated rings. The van der Waals surface area contributed by atoms with Gasteiger partial charge in [-0.1, -0.05) is 73.6 Å². The van der Waals surface area contributed by atoms with Crippen LogP contribution in [0, 0.1) is 41.4 Å². The molecule has 0 radical (unpaired) electrons. The number of aromatic hydroxyl groups is 1. The van der Waals surface area contributed by atoms with Crippen LogP contribution in [0.4, 0.5) is 5.69 Å². The van der Waals surface area contributed by atoms with Crippen LogP contribution in [0.5, 0.6) is 11.5 Å². The van der Waals surface area contributed by atoms with Crippen molar-refractivity contribution in [3.8, 4) is 23.3 Å². The van der Waals surface area contributed by atoms with Crippen LogP contribution < -0.4 is 10.1 Å². The predicted molar refractivity (Wildman–Crippen MR) is 256 cm³/mol. The summed E-state index contributed by atoms with van der Waals surface area (Å²) in [6.07, 6.45) is 10.8. The molecule has 0 unspecified atom stereocenters. The number of ether oxygens (including phenoxy) is 2. The first-order valence-corrected chi connectivity index (χ1v) is 25.2. The smallest absolute Gasteiger partial charge is 0.334 e. The summed E-state index contributed by atoms with van der Waals surface area (Å²) < 4.78 is 13.1. The number of carbonyl (C=O) groups is 3. The zero-order chi connectivity index (χ0) is 47.3. The molecule has 4 aliphatic carbocycles. The number of nitrogens with one attached hydrogen (secondary N) is 1. The second-order valence-corrected chi connectivity index (χ2v) is 21.0. The number of Topliss-reactive ketones (excluding diaryl/α,β-unsaturated/α-hetero) is 1. The first-order chi connectivity index (χ1) is 32.9. The molecular weight excluding hydrogens is 859 g/mol. The molecule has 6 N–H and O–H groups in total. The molecule has 3 heterocycles. The third-order valence-corrected chi connectivity index (χ3v) is 16.6. The maximum atomic E-state index is 15.5. The molecule has 3 aliphatic heterocycles. The lowest BCUT2D eigenvalue weighted by atomic mass is 9.49. The number of esters is 2. The number of allylic oxidation sites excluding steroid dienone is 2. The number of aliphatic hydroxyl groups is 4. The highest BCUT2D eigenvalue weighted by molar-refractivity contribution is 5.89. The molecule has 0 amide bonds. The molecule has 10 bridgehead atoms. The van der Waals surface area contributed by atoms with E-state index in [1.54, 1.807) is 19.1 Å². The van der Waals surface area contributed by atoms with Crippen LogP contribution in [0.2, 0.25) is 0 Å². The number of aliphatic hydroxyl groups excluding tert-OH is 3. The maximum absolute atomic E-state index is 15.5. The Morgan fingerprint density at radius 1 is 0.897 bits per heavy atom. The lowest BCUT2D eigenvalue weighted by Crippen LogP contribution is -2.65. The molecule has 3 aromatic rings. The van der Waals surface area contributed by atoms with Crippen molar-refractivity contribution in [3.63, 3.8) is 0 Å². The number of ketones is 1. The lowest BCUT2D eigenvalue weighted by Gasteiger charge is -2.58. The SMILES string of the molecule is C[C@H](O)CNc1cc(CO)cc([C@@H]2C#C[C@@H]3CC(=O)Oc4c3cc(c(O)c4C3CCCCC3)C[C@H]3OC(=O)/C(=C\[C@H](O)Cc4cccc(c4)C[C@@H]4C(=O)CC[C@@H]5[C@H]4C[C@@H]4C=CCC[C@@H]4[C@]53O)C2)c1. The van der Waals surface area contributed by atoms with E-state index < -0.39 is 53.6 Å². The average Bonchev–Trinajstić information content (AvgIpc) is 3.33. The van der Waals surface area contributed by atoms with Crippen LogP contribution in [0.25, 0.3) is 0 Å². The van der Waals surface area contributed by atoms with E-state index in [0.717, 1.165) is 56.1 Å². The molecule has 11 atom stereocenters. The van der Waals surface area contributed by atoms with Crippen molar-refractivity contribution in [2.75, 3.05) is 11.9 Å². The Bertz CT molecular complexity index is 2580. The summed E-state index contributed by atoms with van der Waals surface area (Å²) in [4.78, 5) is 43.4. The van der Waals surface area contributed by atoms with Gasteiger partial charge in [-0.25, -0.2) is 4.79 Å². The molecular formula is C57H65NO10. The molecule has 0 saturated heterocycles. The van der Waals surface area contributed by atoms with Crippen molar-refractivity contribution in [2.45, 2.75) is 152 Å². The minimum Gasteiger partial charge on any atom is -0.507 e. The number of anilines is 1. The fourth-order valence-electron chi connectivity index (χ4n) is 13.4. The molecule has 10 rings (SSSR count). The number of fused-ring (bicyclic) bond motifs is 9. The Morgan fingerprint density at radius 3 is 2.49 bits per heavy atom. The highest BCUT2D eigenvalue weighted by Crippen LogP contribution is 2.58. The van der Waals surface area contributed by atoms with Gasteiger partial charge in [-0.3, -0.25) is 9.59 Å². The van der Waals surface area contributed by atoms with Crippen molar-refractivity contribution < 1.29 is 49.4 Å². The summed E-state index contributed by atoms with van der Waals surface area (Å²) in [7, 11) is 0. The van der Waals surface area contributed by atoms with Gasteiger partial charge in [0.1, 0.15) is 29.0 Å². The predicted octanol–water partition coefficient (Wildman–Crippen LogP) is 7.78. The Kier molecular flexibility index (Phi) is 13.2. The van der Waals surface area contributed by atoms with Gasteiger partial charge >= 0.3 is 11.9 Å². The van der Waals surface area contributed by atoms with E-state index in [1.165, 1.54) is 0 Å². The summed E-state index contributed by atoms with van der Waals surface area (Å²) in [5.41, 5.74) is 3.93. The molecule has 3 aromatic carbocycles. The monoisotopic (exact) mass is 923 g/mol. The van der Waals surface area contributed by atoms with Gasteiger partial charge in [0.05, 0.1) is 31.2 Å². The van der Waals surface area contributed by atoms with Crippen molar-refractivity contribution in [1.82, 2.24) is 0 Å². The number of rotatable bonds is 6. The van der Waals surface area contributed by atoms with E-state index in [-0.39, 0.29) is 92.0 Å². The number of hydrogen-bond donors (Lipinski definition) is 6. The molecule has 68 heavy (non-hydrogen) atoms. The molecule has 7 aliphatic rings. The molecule has 11 nitrogen and oxygen atoms in total. The van der Waals surface area contributed by atoms with Crippen LogP contribution in [0.15, 0.2) is 72.3 Å². The number of hydrogen-bond acceptors (Lipinski definition) is 11. The van der Waals surface area contributed by atoms with Crippen LogP contribution in [0.3, 0.4) is 0 Å². The lowest BCUT2D eigenvalue weighted by molar-refractivity contribution is -0.221. The Morgan fingerprint density at radius 2 is 1.69 bits per heavy atom. The molecule has 11 heteroatoms. The quantitative estimate of drug-likeness (QED) is 0.0615. The van der Waals surface area contributed by atoms with Gasteiger partial charge in [0.2, 0.25) is 0 Å². The zero-order valence-electron chi connectivity index (χ0n) is 39.0. The first-order valence-electron chi connectivity index (χ1n) is 25.2. The van der Waals surface area contributed by atoms with Gasteiger partial charge in [-0.05, 0) is 140 Å². The van der Waals surface area contributed by atoms with Crippen molar-refractivity contribution >= 4 is 23.4 Å². The maximum Gasteiger partial charge on any atom is 0.334 e. The van der Waals surface area contributed by atoms with Crippen LogP contribution >= 0.6 is 0 Å². The molecule has 0 aromatic heterocycles. The van der Waals surface area contributed by atoms with Gasteiger partial charge in [-0.15, -0.1) is 0 Å². The number of phenols is 1. The fraction of sp³-hybridized carbons (Fsp3) is 0.526. The molecule has 3 saturated carbocycles. The second-order valence-electron chi connectivity index (χ2n) is 21.0. The topological polar surface area (TPSA) is 183 Å². The van der Waals surface area contributed by atoms with Crippen molar-refractivity contribution in [3.05, 3.63) is 111 Å². The Hall–Kier alpha value is -5.25. The second kappa shape index (κ2) is 19.3. The van der Waals surface area contributed by atoms with Gasteiger partial charge < -0.3 is 40.3 Å². The van der Waals surface area contributed by atoms with Crippen LogP contribution in [-0.4, -0.2) is 73.7 Å². The average molecular weight is 924 g/mol. The Balaban J connectivity index is 1.21. The van der Waals surface area contributed by atoms with Crippen LogP contribution in [-0.2, 0) is 45.0 Å².